The third-order valence-corrected chi connectivity index (χ3v) is 3.61. The van der Waals surface area contributed by atoms with Gasteiger partial charge >= 0.3 is 8.25 Å². The number of methoxy groups -OCH3 is 1. The molecule has 0 amide bonds. The van der Waals surface area contributed by atoms with Gasteiger partial charge in [0.25, 0.3) is 0 Å². The normalized spacial score (nSPS) is 13.4. The second kappa shape index (κ2) is 6.20. The van der Waals surface area contributed by atoms with E-state index in [0.29, 0.717) is 12.8 Å². The summed E-state index contributed by atoms with van der Waals surface area (Å²) in [6.45, 7) is 3.89. The Kier molecular flexibility index (Phi) is 5.19. The van der Waals surface area contributed by atoms with Crippen molar-refractivity contribution < 1.29 is 18.7 Å². The largest absolute Gasteiger partial charge is 0.497 e. The molecular formula is C12H19O4P. The first-order chi connectivity index (χ1) is 8.07. The molecule has 96 valence electrons. The lowest BCUT2D eigenvalue weighted by Crippen LogP contribution is -2.25. The fourth-order valence-electron chi connectivity index (χ4n) is 1.92. The number of ether oxygens (including phenoxy) is 1. The van der Waals surface area contributed by atoms with Crippen molar-refractivity contribution in [3.8, 4) is 5.75 Å². The molecule has 1 aromatic rings. The average molecular weight is 258 g/mol. The number of benzene rings is 1. The maximum atomic E-state index is 11.0. The number of hydrogen-bond acceptors (Lipinski definition) is 3. The molecule has 0 bridgehead atoms. The fourth-order valence-corrected chi connectivity index (χ4v) is 2.66. The van der Waals surface area contributed by atoms with Crippen LogP contribution in [-0.4, -0.2) is 12.0 Å². The molecule has 0 aliphatic carbocycles. The summed E-state index contributed by atoms with van der Waals surface area (Å²) in [4.78, 5) is 9.01. The zero-order valence-electron chi connectivity index (χ0n) is 10.4. The van der Waals surface area contributed by atoms with Crippen LogP contribution in [0.4, 0.5) is 0 Å². The summed E-state index contributed by atoms with van der Waals surface area (Å²) in [5.74, 6) is 0.756. The highest BCUT2D eigenvalue weighted by Gasteiger charge is 2.31. The molecule has 0 heterocycles. The fraction of sp³-hybridized carbons (Fsp3) is 0.500. The highest BCUT2D eigenvalue weighted by atomic mass is 31.1. The van der Waals surface area contributed by atoms with E-state index in [1.807, 2.05) is 38.1 Å². The van der Waals surface area contributed by atoms with Gasteiger partial charge in [-0.2, -0.15) is 0 Å². The molecule has 1 N–H and O–H groups in total. The summed E-state index contributed by atoms with van der Waals surface area (Å²) < 4.78 is 21.3. The van der Waals surface area contributed by atoms with Crippen molar-refractivity contribution in [1.82, 2.24) is 0 Å². The molecule has 0 aliphatic heterocycles. The standard InChI is InChI=1S/C12H19O4P/c1-4-12(5-2,16-17(13)14)10-6-8-11(15-3)9-7-10/h6-9,17H,4-5H2,1-3H3,(H,13,14). The maximum absolute atomic E-state index is 11.0. The highest BCUT2D eigenvalue weighted by Crippen LogP contribution is 2.40. The first kappa shape index (κ1) is 14.2. The van der Waals surface area contributed by atoms with Crippen molar-refractivity contribution in [3.63, 3.8) is 0 Å². The van der Waals surface area contributed by atoms with Gasteiger partial charge in [0.05, 0.1) is 7.11 Å². The van der Waals surface area contributed by atoms with Crippen molar-refractivity contribution >= 4 is 8.25 Å². The van der Waals surface area contributed by atoms with Crippen LogP contribution in [0.1, 0.15) is 32.3 Å². The summed E-state index contributed by atoms with van der Waals surface area (Å²) in [5.41, 5.74) is 0.215. The van der Waals surface area contributed by atoms with E-state index in [1.54, 1.807) is 7.11 Å². The van der Waals surface area contributed by atoms with E-state index in [2.05, 4.69) is 0 Å². The van der Waals surface area contributed by atoms with Crippen molar-refractivity contribution in [2.24, 2.45) is 0 Å². The zero-order chi connectivity index (χ0) is 12.9. The van der Waals surface area contributed by atoms with Gasteiger partial charge in [0.15, 0.2) is 0 Å². The summed E-state index contributed by atoms with van der Waals surface area (Å²) in [6, 6.07) is 7.40. The van der Waals surface area contributed by atoms with Gasteiger partial charge in [-0.05, 0) is 30.5 Å². The Labute approximate surface area is 103 Å². The van der Waals surface area contributed by atoms with Gasteiger partial charge in [-0.1, -0.05) is 26.0 Å². The maximum Gasteiger partial charge on any atom is 0.317 e. The predicted molar refractivity (Wildman–Crippen MR) is 67.6 cm³/mol. The molecule has 4 nitrogen and oxygen atoms in total. The van der Waals surface area contributed by atoms with Gasteiger partial charge in [-0.3, -0.25) is 9.09 Å². The van der Waals surface area contributed by atoms with E-state index in [-0.39, 0.29) is 0 Å². The van der Waals surface area contributed by atoms with Crippen molar-refractivity contribution in [2.45, 2.75) is 32.3 Å². The molecule has 5 heteroatoms. The number of hydrogen-bond donors (Lipinski definition) is 1. The molecule has 0 radical (unpaired) electrons. The lowest BCUT2D eigenvalue weighted by atomic mass is 9.89. The SMILES string of the molecule is CCC(CC)(O[PH](=O)O)c1ccc(OC)cc1. The van der Waals surface area contributed by atoms with Gasteiger partial charge in [0.1, 0.15) is 11.4 Å². The average Bonchev–Trinajstić information content (AvgIpc) is 2.36. The van der Waals surface area contributed by atoms with Gasteiger partial charge in [0, 0.05) is 0 Å². The Morgan fingerprint density at radius 1 is 1.24 bits per heavy atom. The van der Waals surface area contributed by atoms with Gasteiger partial charge in [-0.25, -0.2) is 0 Å². The van der Waals surface area contributed by atoms with Crippen LogP contribution in [0.2, 0.25) is 0 Å². The number of rotatable bonds is 6. The van der Waals surface area contributed by atoms with Crippen LogP contribution in [0.3, 0.4) is 0 Å². The summed E-state index contributed by atoms with van der Waals surface area (Å²) in [6.07, 6.45) is 1.29. The van der Waals surface area contributed by atoms with Crippen LogP contribution in [0.5, 0.6) is 5.75 Å². The summed E-state index contributed by atoms with van der Waals surface area (Å²) in [5, 5.41) is 0. The molecule has 1 rings (SSSR count). The van der Waals surface area contributed by atoms with E-state index in [9.17, 15) is 4.57 Å². The molecule has 0 aliphatic rings. The minimum absolute atomic E-state index is 0.646. The first-order valence-electron chi connectivity index (χ1n) is 5.64. The molecule has 0 saturated heterocycles. The van der Waals surface area contributed by atoms with Crippen LogP contribution in [0, 0.1) is 0 Å². The Morgan fingerprint density at radius 3 is 2.12 bits per heavy atom. The van der Waals surface area contributed by atoms with Crippen molar-refractivity contribution in [1.29, 1.82) is 0 Å². The first-order valence-corrected chi connectivity index (χ1v) is 6.90. The monoisotopic (exact) mass is 258 g/mol. The Balaban J connectivity index is 3.07. The van der Waals surface area contributed by atoms with Crippen molar-refractivity contribution in [2.75, 3.05) is 7.11 Å². The molecule has 0 spiro atoms. The molecule has 0 saturated carbocycles. The highest BCUT2D eigenvalue weighted by molar-refractivity contribution is 7.32. The molecule has 0 fully saturated rings. The third kappa shape index (κ3) is 3.32. The summed E-state index contributed by atoms with van der Waals surface area (Å²) >= 11 is 0. The van der Waals surface area contributed by atoms with E-state index in [0.717, 1.165) is 11.3 Å². The van der Waals surface area contributed by atoms with Gasteiger partial charge in [0.2, 0.25) is 0 Å². The lowest BCUT2D eigenvalue weighted by Gasteiger charge is -2.31. The predicted octanol–water partition coefficient (Wildman–Crippen LogP) is 3.11. The molecule has 1 atom stereocenters. The van der Waals surface area contributed by atoms with Gasteiger partial charge < -0.3 is 9.63 Å². The van der Waals surface area contributed by atoms with E-state index in [4.69, 9.17) is 14.2 Å². The second-order valence-corrected chi connectivity index (χ2v) is 4.53. The molecule has 17 heavy (non-hydrogen) atoms. The third-order valence-electron chi connectivity index (χ3n) is 3.04. The van der Waals surface area contributed by atoms with Crippen LogP contribution in [-0.2, 0) is 14.7 Å². The second-order valence-electron chi connectivity index (χ2n) is 3.80. The van der Waals surface area contributed by atoms with E-state index < -0.39 is 13.9 Å². The smallest absolute Gasteiger partial charge is 0.317 e. The van der Waals surface area contributed by atoms with Crippen LogP contribution >= 0.6 is 8.25 Å². The van der Waals surface area contributed by atoms with Crippen LogP contribution in [0.15, 0.2) is 24.3 Å². The topological polar surface area (TPSA) is 55.8 Å². The Hall–Kier alpha value is -0.830. The van der Waals surface area contributed by atoms with Crippen LogP contribution in [0.25, 0.3) is 0 Å². The van der Waals surface area contributed by atoms with Gasteiger partial charge in [-0.15, -0.1) is 0 Å². The molecule has 1 aromatic carbocycles. The Morgan fingerprint density at radius 2 is 1.76 bits per heavy atom. The van der Waals surface area contributed by atoms with E-state index in [1.165, 1.54) is 0 Å². The minimum atomic E-state index is -2.96. The summed E-state index contributed by atoms with van der Waals surface area (Å²) in [7, 11) is -1.36. The minimum Gasteiger partial charge on any atom is -0.497 e. The molecular weight excluding hydrogens is 239 g/mol. The van der Waals surface area contributed by atoms with Crippen LogP contribution < -0.4 is 4.74 Å². The molecule has 0 aromatic heterocycles. The molecule has 1 unspecified atom stereocenters. The van der Waals surface area contributed by atoms with Crippen molar-refractivity contribution in [3.05, 3.63) is 29.8 Å². The zero-order valence-corrected chi connectivity index (χ0v) is 11.4. The Bertz CT molecular complexity index is 371. The lowest BCUT2D eigenvalue weighted by molar-refractivity contribution is 0.0536. The van der Waals surface area contributed by atoms with E-state index >= 15 is 0 Å². The quantitative estimate of drug-likeness (QED) is 0.796.